The van der Waals surface area contributed by atoms with E-state index in [-0.39, 0.29) is 11.3 Å². The summed E-state index contributed by atoms with van der Waals surface area (Å²) in [6.45, 7) is 1.13. The van der Waals surface area contributed by atoms with Gasteiger partial charge in [0.1, 0.15) is 0 Å². The monoisotopic (exact) mass is 331 g/mol. The van der Waals surface area contributed by atoms with Crippen LogP contribution in [0.4, 0.5) is 0 Å². The third-order valence-corrected chi connectivity index (χ3v) is 4.73. The van der Waals surface area contributed by atoms with Crippen molar-refractivity contribution in [1.82, 2.24) is 5.32 Å². The fourth-order valence-electron chi connectivity index (χ4n) is 2.78. The molecule has 21 heavy (non-hydrogen) atoms. The number of hydrogen-bond acceptors (Lipinski definition) is 3. The first-order valence-electron chi connectivity index (χ1n) is 6.95. The smallest absolute Gasteiger partial charge is 0.220 e. The molecule has 1 fully saturated rings. The van der Waals surface area contributed by atoms with Crippen molar-refractivity contribution in [3.63, 3.8) is 0 Å². The zero-order chi connectivity index (χ0) is 15.3. The van der Waals surface area contributed by atoms with Gasteiger partial charge in [0.2, 0.25) is 5.91 Å². The molecule has 0 aromatic heterocycles. The lowest BCUT2D eigenvalue weighted by Gasteiger charge is -2.38. The Balaban J connectivity index is 2.18. The molecule has 1 atom stereocenters. The maximum atomic E-state index is 11.5. The van der Waals surface area contributed by atoms with Gasteiger partial charge in [0.05, 0.1) is 23.8 Å². The molecule has 1 aliphatic rings. The van der Waals surface area contributed by atoms with Gasteiger partial charge in [-0.25, -0.2) is 9.78 Å². The number of carbonyl (C=O) groups is 1. The fraction of sp³-hybridized carbons (Fsp3) is 0.533. The van der Waals surface area contributed by atoms with Gasteiger partial charge in [-0.05, 0) is 37.0 Å². The largest absolute Gasteiger partial charge is 0.355 e. The van der Waals surface area contributed by atoms with Gasteiger partial charge in [-0.15, -0.1) is 0 Å². The second-order valence-electron chi connectivity index (χ2n) is 5.28. The van der Waals surface area contributed by atoms with E-state index in [0.717, 1.165) is 24.8 Å². The maximum Gasteiger partial charge on any atom is 0.220 e. The minimum absolute atomic E-state index is 0.0961. The summed E-state index contributed by atoms with van der Waals surface area (Å²) in [5.74, 6) is 0.0961. The summed E-state index contributed by atoms with van der Waals surface area (Å²) in [7, 11) is 1.50. The van der Waals surface area contributed by atoms with Crippen molar-refractivity contribution >= 4 is 29.1 Å². The molecule has 0 bridgehead atoms. The average molecular weight is 332 g/mol. The lowest BCUT2D eigenvalue weighted by molar-refractivity contribution is -0.273. The van der Waals surface area contributed by atoms with E-state index < -0.39 is 0 Å². The van der Waals surface area contributed by atoms with Crippen molar-refractivity contribution in [2.24, 2.45) is 0 Å². The fourth-order valence-corrected chi connectivity index (χ4v) is 3.08. The van der Waals surface area contributed by atoms with Crippen molar-refractivity contribution in [1.29, 1.82) is 0 Å². The molecule has 0 saturated carbocycles. The average Bonchev–Trinajstić information content (AvgIpc) is 2.49. The Labute approximate surface area is 134 Å². The Morgan fingerprint density at radius 1 is 1.33 bits per heavy atom. The molecule has 1 aromatic carbocycles. The molecule has 116 valence electrons. The quantitative estimate of drug-likeness (QED) is 0.493. The predicted octanol–water partition coefficient (Wildman–Crippen LogP) is 3.50. The lowest BCUT2D eigenvalue weighted by atomic mass is 9.71. The number of rotatable bonds is 6. The van der Waals surface area contributed by atoms with Crippen molar-refractivity contribution in [2.45, 2.75) is 31.1 Å². The standard InChI is InChI=1S/C15H19Cl2NO3/c1-20-21-8-2-6-15(7-5-14(19)18-10-15)11-3-4-12(16)13(17)9-11/h3-4,9H,2,5-8,10H2,1H3,(H,18,19). The van der Waals surface area contributed by atoms with E-state index in [2.05, 4.69) is 10.2 Å². The van der Waals surface area contributed by atoms with Crippen molar-refractivity contribution in [2.75, 3.05) is 20.3 Å². The molecule has 1 amide bonds. The summed E-state index contributed by atoms with van der Waals surface area (Å²) in [5, 5.41) is 4.04. The SMILES string of the molecule is COOCCCC1(c2ccc(Cl)c(Cl)c2)CCC(=O)NC1. The molecule has 1 unspecified atom stereocenters. The molecule has 6 heteroatoms. The van der Waals surface area contributed by atoms with E-state index in [1.165, 1.54) is 7.11 Å². The molecule has 1 heterocycles. The van der Waals surface area contributed by atoms with Crippen LogP contribution in [0.25, 0.3) is 0 Å². The van der Waals surface area contributed by atoms with Gasteiger partial charge in [-0.3, -0.25) is 4.79 Å². The van der Waals surface area contributed by atoms with Gasteiger partial charge in [-0.2, -0.15) is 0 Å². The van der Waals surface area contributed by atoms with Gasteiger partial charge in [0.25, 0.3) is 0 Å². The number of carbonyl (C=O) groups excluding carboxylic acids is 1. The Kier molecular flexibility index (Phi) is 5.88. The van der Waals surface area contributed by atoms with Crippen molar-refractivity contribution in [3.05, 3.63) is 33.8 Å². The summed E-state index contributed by atoms with van der Waals surface area (Å²) < 4.78 is 0. The molecule has 2 rings (SSSR count). The first kappa shape index (κ1) is 16.6. The highest BCUT2D eigenvalue weighted by atomic mass is 35.5. The normalized spacial score (nSPS) is 22.1. The number of piperidine rings is 1. The van der Waals surface area contributed by atoms with Crippen LogP contribution in [0.2, 0.25) is 10.0 Å². The van der Waals surface area contributed by atoms with Crippen LogP contribution in [0.5, 0.6) is 0 Å². The zero-order valence-electron chi connectivity index (χ0n) is 12.0. The number of hydrogen-bond donors (Lipinski definition) is 1. The molecule has 0 radical (unpaired) electrons. The molecule has 0 aliphatic carbocycles. The molecule has 1 aromatic rings. The first-order chi connectivity index (χ1) is 10.1. The summed E-state index contributed by atoms with van der Waals surface area (Å²) in [5.41, 5.74) is 0.980. The van der Waals surface area contributed by atoms with E-state index in [4.69, 9.17) is 28.1 Å². The van der Waals surface area contributed by atoms with E-state index >= 15 is 0 Å². The van der Waals surface area contributed by atoms with Gasteiger partial charge in [0, 0.05) is 18.4 Å². The van der Waals surface area contributed by atoms with E-state index in [0.29, 0.717) is 29.6 Å². The highest BCUT2D eigenvalue weighted by Gasteiger charge is 2.36. The van der Waals surface area contributed by atoms with Crippen molar-refractivity contribution < 1.29 is 14.6 Å². The van der Waals surface area contributed by atoms with Gasteiger partial charge >= 0.3 is 0 Å². The van der Waals surface area contributed by atoms with Crippen LogP contribution in [-0.4, -0.2) is 26.2 Å². The summed E-state index contributed by atoms with van der Waals surface area (Å²) in [6, 6.07) is 5.70. The highest BCUT2D eigenvalue weighted by molar-refractivity contribution is 6.42. The van der Waals surface area contributed by atoms with Crippen LogP contribution in [0.15, 0.2) is 18.2 Å². The second-order valence-corrected chi connectivity index (χ2v) is 6.09. The van der Waals surface area contributed by atoms with Crippen LogP contribution >= 0.6 is 23.2 Å². The van der Waals surface area contributed by atoms with Gasteiger partial charge < -0.3 is 5.32 Å². The lowest BCUT2D eigenvalue weighted by Crippen LogP contribution is -2.46. The Hall–Kier alpha value is -0.810. The van der Waals surface area contributed by atoms with Crippen LogP contribution < -0.4 is 5.32 Å². The number of halogens is 2. The van der Waals surface area contributed by atoms with E-state index in [1.54, 1.807) is 0 Å². The highest BCUT2D eigenvalue weighted by Crippen LogP contribution is 2.38. The third kappa shape index (κ3) is 4.10. The van der Waals surface area contributed by atoms with Crippen LogP contribution in [0.3, 0.4) is 0 Å². The number of nitrogens with one attached hydrogen (secondary N) is 1. The Morgan fingerprint density at radius 3 is 2.76 bits per heavy atom. The number of amides is 1. The first-order valence-corrected chi connectivity index (χ1v) is 7.71. The van der Waals surface area contributed by atoms with Crippen LogP contribution in [0, 0.1) is 0 Å². The Bertz CT molecular complexity index is 498. The van der Waals surface area contributed by atoms with Crippen LogP contribution in [-0.2, 0) is 20.0 Å². The summed E-state index contributed by atoms with van der Waals surface area (Å²) >= 11 is 12.1. The molecular formula is C15H19Cl2NO3. The molecule has 1 saturated heterocycles. The predicted molar refractivity (Wildman–Crippen MR) is 82.6 cm³/mol. The number of benzene rings is 1. The Morgan fingerprint density at radius 2 is 2.14 bits per heavy atom. The molecule has 0 spiro atoms. The maximum absolute atomic E-state index is 11.5. The molecular weight excluding hydrogens is 313 g/mol. The minimum Gasteiger partial charge on any atom is -0.355 e. The van der Waals surface area contributed by atoms with Crippen molar-refractivity contribution in [3.8, 4) is 0 Å². The molecule has 1 N–H and O–H groups in total. The van der Waals surface area contributed by atoms with Crippen LogP contribution in [0.1, 0.15) is 31.2 Å². The molecule has 4 nitrogen and oxygen atoms in total. The second kappa shape index (κ2) is 7.45. The zero-order valence-corrected chi connectivity index (χ0v) is 13.5. The minimum atomic E-state index is -0.126. The van der Waals surface area contributed by atoms with E-state index in [9.17, 15) is 4.79 Å². The molecule has 1 aliphatic heterocycles. The topological polar surface area (TPSA) is 47.6 Å². The van der Waals surface area contributed by atoms with E-state index in [1.807, 2.05) is 18.2 Å². The third-order valence-electron chi connectivity index (χ3n) is 3.99. The van der Waals surface area contributed by atoms with Gasteiger partial charge in [0.15, 0.2) is 0 Å². The van der Waals surface area contributed by atoms with Gasteiger partial charge in [-0.1, -0.05) is 29.3 Å². The summed E-state index contributed by atoms with van der Waals surface area (Å²) in [4.78, 5) is 21.0. The summed E-state index contributed by atoms with van der Waals surface area (Å²) in [6.07, 6.45) is 3.04.